The molecule has 0 saturated carbocycles. The van der Waals surface area contributed by atoms with Gasteiger partial charge < -0.3 is 15.0 Å². The number of ether oxygens (including phenoxy) is 1. The minimum Gasteiger partial charge on any atom is -0.465 e. The van der Waals surface area contributed by atoms with Gasteiger partial charge in [-0.15, -0.1) is 0 Å². The van der Waals surface area contributed by atoms with Crippen molar-refractivity contribution in [2.75, 3.05) is 25.5 Å². The van der Waals surface area contributed by atoms with E-state index in [0.29, 0.717) is 24.3 Å². The maximum atomic E-state index is 12.5. The molecular weight excluding hydrogens is 322 g/mol. The van der Waals surface area contributed by atoms with Crippen LogP contribution in [0.25, 0.3) is 0 Å². The van der Waals surface area contributed by atoms with E-state index in [2.05, 4.69) is 20.1 Å². The highest BCUT2D eigenvalue weighted by molar-refractivity contribution is 5.93. The number of carbonyl (C=O) groups is 2. The zero-order valence-corrected chi connectivity index (χ0v) is 14.3. The summed E-state index contributed by atoms with van der Waals surface area (Å²) in [5.74, 6) is -0.490. The molecule has 1 aliphatic rings. The fourth-order valence-corrected chi connectivity index (χ4v) is 2.93. The van der Waals surface area contributed by atoms with Gasteiger partial charge in [0, 0.05) is 25.5 Å². The number of nitrogens with zero attached hydrogens (tertiary/aromatic N) is 4. The number of urea groups is 1. The third-order valence-corrected chi connectivity index (χ3v) is 4.20. The second-order valence-corrected chi connectivity index (χ2v) is 6.12. The highest BCUT2D eigenvalue weighted by Crippen LogP contribution is 2.22. The minimum absolute atomic E-state index is 0.174. The number of aromatic nitrogens is 3. The van der Waals surface area contributed by atoms with Crippen molar-refractivity contribution in [2.45, 2.75) is 25.8 Å². The summed E-state index contributed by atoms with van der Waals surface area (Å²) in [4.78, 5) is 29.8. The van der Waals surface area contributed by atoms with E-state index in [1.807, 2.05) is 24.0 Å². The number of anilines is 1. The van der Waals surface area contributed by atoms with E-state index in [0.717, 1.165) is 18.4 Å². The van der Waals surface area contributed by atoms with Crippen molar-refractivity contribution in [1.82, 2.24) is 19.7 Å². The third-order valence-electron chi connectivity index (χ3n) is 4.20. The Morgan fingerprint density at radius 3 is 2.88 bits per heavy atom. The van der Waals surface area contributed by atoms with Gasteiger partial charge in [-0.1, -0.05) is 0 Å². The van der Waals surface area contributed by atoms with Crippen LogP contribution < -0.4 is 5.32 Å². The average Bonchev–Trinajstić information content (AvgIpc) is 3.08. The number of likely N-dealkylation sites (tertiary alicyclic amines) is 1. The largest absolute Gasteiger partial charge is 0.465 e. The van der Waals surface area contributed by atoms with Crippen LogP contribution in [0.15, 0.2) is 30.9 Å². The van der Waals surface area contributed by atoms with Crippen LogP contribution in [0.2, 0.25) is 0 Å². The summed E-state index contributed by atoms with van der Waals surface area (Å²) >= 11 is 0. The third kappa shape index (κ3) is 3.96. The van der Waals surface area contributed by atoms with Gasteiger partial charge in [-0.25, -0.2) is 9.59 Å². The van der Waals surface area contributed by atoms with E-state index < -0.39 is 5.97 Å². The van der Waals surface area contributed by atoms with Crippen LogP contribution in [0.1, 0.15) is 34.8 Å². The van der Waals surface area contributed by atoms with E-state index in [4.69, 9.17) is 0 Å². The maximum absolute atomic E-state index is 12.5. The highest BCUT2D eigenvalue weighted by Gasteiger charge is 2.25. The Balaban J connectivity index is 1.65. The molecule has 0 bridgehead atoms. The first-order valence-corrected chi connectivity index (χ1v) is 8.17. The molecule has 2 amide bonds. The number of amides is 2. The highest BCUT2D eigenvalue weighted by atomic mass is 16.5. The standard InChI is InChI=1S/C17H21N5O3/c1-12-7-19-22(10-12)15-4-3-5-21(11-15)17(24)20-14-6-13(8-18-9-14)16(23)25-2/h6-10,15H,3-5,11H2,1-2H3,(H,20,24)/t15-/m1/s1. The summed E-state index contributed by atoms with van der Waals surface area (Å²) in [7, 11) is 1.30. The summed E-state index contributed by atoms with van der Waals surface area (Å²) in [6.45, 7) is 3.28. The van der Waals surface area contributed by atoms with Crippen molar-refractivity contribution in [1.29, 1.82) is 0 Å². The number of aryl methyl sites for hydroxylation is 1. The smallest absolute Gasteiger partial charge is 0.339 e. The normalized spacial score (nSPS) is 17.2. The number of rotatable bonds is 3. The first kappa shape index (κ1) is 16.9. The molecule has 132 valence electrons. The molecule has 1 N–H and O–H groups in total. The van der Waals surface area contributed by atoms with Gasteiger partial charge in [0.2, 0.25) is 0 Å². The quantitative estimate of drug-likeness (QED) is 0.863. The van der Waals surface area contributed by atoms with Crippen molar-refractivity contribution in [3.63, 3.8) is 0 Å². The van der Waals surface area contributed by atoms with E-state index in [1.54, 1.807) is 11.0 Å². The first-order valence-electron chi connectivity index (χ1n) is 8.17. The number of piperidine rings is 1. The van der Waals surface area contributed by atoms with Gasteiger partial charge in [0.25, 0.3) is 0 Å². The number of hydrogen-bond acceptors (Lipinski definition) is 5. The Hall–Kier alpha value is -2.90. The van der Waals surface area contributed by atoms with Gasteiger partial charge in [0.05, 0.1) is 36.8 Å². The Labute approximate surface area is 145 Å². The number of esters is 1. The van der Waals surface area contributed by atoms with Crippen molar-refractivity contribution in [2.24, 2.45) is 0 Å². The predicted molar refractivity (Wildman–Crippen MR) is 91.4 cm³/mol. The van der Waals surface area contributed by atoms with Gasteiger partial charge >= 0.3 is 12.0 Å². The predicted octanol–water partition coefficient (Wildman–Crippen LogP) is 2.24. The number of carbonyl (C=O) groups excluding carboxylic acids is 2. The fraction of sp³-hybridized carbons (Fsp3) is 0.412. The van der Waals surface area contributed by atoms with E-state index in [9.17, 15) is 9.59 Å². The van der Waals surface area contributed by atoms with Crippen LogP contribution >= 0.6 is 0 Å². The molecular formula is C17H21N5O3. The molecule has 1 aliphatic heterocycles. The van der Waals surface area contributed by atoms with Crippen LogP contribution in [-0.4, -0.2) is 51.9 Å². The molecule has 3 heterocycles. The fourth-order valence-electron chi connectivity index (χ4n) is 2.93. The van der Waals surface area contributed by atoms with Crippen molar-refractivity contribution >= 4 is 17.7 Å². The molecule has 8 heteroatoms. The monoisotopic (exact) mass is 343 g/mol. The van der Waals surface area contributed by atoms with Crippen molar-refractivity contribution in [3.8, 4) is 0 Å². The van der Waals surface area contributed by atoms with Crippen LogP contribution in [0.3, 0.4) is 0 Å². The van der Waals surface area contributed by atoms with Gasteiger partial charge in [-0.2, -0.15) is 5.10 Å². The Bertz CT molecular complexity index is 773. The van der Waals surface area contributed by atoms with Gasteiger partial charge in [0.15, 0.2) is 0 Å². The lowest BCUT2D eigenvalue weighted by atomic mass is 10.1. The molecule has 0 aromatic carbocycles. The molecule has 2 aromatic rings. The number of nitrogens with one attached hydrogen (secondary N) is 1. The molecule has 1 fully saturated rings. The van der Waals surface area contributed by atoms with E-state index in [1.165, 1.54) is 19.5 Å². The first-order chi connectivity index (χ1) is 12.1. The van der Waals surface area contributed by atoms with Gasteiger partial charge in [-0.05, 0) is 31.4 Å². The zero-order chi connectivity index (χ0) is 17.8. The summed E-state index contributed by atoms with van der Waals surface area (Å²) in [5, 5.41) is 7.15. The Morgan fingerprint density at radius 1 is 1.32 bits per heavy atom. The van der Waals surface area contributed by atoms with Crippen LogP contribution in [0, 0.1) is 6.92 Å². The molecule has 0 radical (unpaired) electrons. The van der Waals surface area contributed by atoms with Crippen molar-refractivity contribution in [3.05, 3.63) is 42.0 Å². The molecule has 0 spiro atoms. The summed E-state index contributed by atoms with van der Waals surface area (Å²) in [6, 6.07) is 1.51. The maximum Gasteiger partial charge on any atom is 0.339 e. The zero-order valence-electron chi connectivity index (χ0n) is 14.3. The molecule has 1 saturated heterocycles. The van der Waals surface area contributed by atoms with Gasteiger partial charge in [0.1, 0.15) is 0 Å². The van der Waals surface area contributed by atoms with E-state index >= 15 is 0 Å². The lowest BCUT2D eigenvalue weighted by molar-refractivity contribution is 0.0600. The van der Waals surface area contributed by atoms with Gasteiger partial charge in [-0.3, -0.25) is 9.67 Å². The molecule has 1 atom stereocenters. The SMILES string of the molecule is COC(=O)c1cncc(NC(=O)N2CCC[C@@H](n3cc(C)cn3)C2)c1. The van der Waals surface area contributed by atoms with Crippen molar-refractivity contribution < 1.29 is 14.3 Å². The second-order valence-electron chi connectivity index (χ2n) is 6.12. The topological polar surface area (TPSA) is 89.3 Å². The molecule has 0 unspecified atom stereocenters. The van der Waals surface area contributed by atoms with E-state index in [-0.39, 0.29) is 12.1 Å². The lowest BCUT2D eigenvalue weighted by Crippen LogP contribution is -2.43. The molecule has 25 heavy (non-hydrogen) atoms. The molecule has 3 rings (SSSR count). The van der Waals surface area contributed by atoms with Crippen LogP contribution in [0.4, 0.5) is 10.5 Å². The Kier molecular flexibility index (Phi) is 4.97. The number of methoxy groups -OCH3 is 1. The molecule has 8 nitrogen and oxygen atoms in total. The molecule has 2 aromatic heterocycles. The Morgan fingerprint density at radius 2 is 2.16 bits per heavy atom. The molecule has 0 aliphatic carbocycles. The van der Waals surface area contributed by atoms with Crippen LogP contribution in [-0.2, 0) is 4.74 Å². The lowest BCUT2D eigenvalue weighted by Gasteiger charge is -2.32. The number of hydrogen-bond donors (Lipinski definition) is 1. The second kappa shape index (κ2) is 7.33. The minimum atomic E-state index is -0.490. The summed E-state index contributed by atoms with van der Waals surface area (Å²) in [6.07, 6.45) is 8.63. The van der Waals surface area contributed by atoms with Crippen LogP contribution in [0.5, 0.6) is 0 Å². The number of pyridine rings is 1. The summed E-state index contributed by atoms with van der Waals surface area (Å²) < 4.78 is 6.59. The summed E-state index contributed by atoms with van der Waals surface area (Å²) in [5.41, 5.74) is 1.86. The average molecular weight is 343 g/mol.